The van der Waals surface area contributed by atoms with Gasteiger partial charge >= 0.3 is 0 Å². The highest BCUT2D eigenvalue weighted by molar-refractivity contribution is 7.92. The highest BCUT2D eigenvalue weighted by atomic mass is 32.2. The number of hydrogen-bond acceptors (Lipinski definition) is 7. The number of nitrogens with two attached hydrogens (primary N) is 1. The van der Waals surface area contributed by atoms with E-state index in [1.54, 1.807) is 26.0 Å². The maximum Gasteiger partial charge on any atom is 0.203 e. The molecule has 0 fully saturated rings. The Morgan fingerprint density at radius 1 is 0.815 bits per heavy atom. The minimum Gasteiger partial charge on any atom is -0.495 e. The van der Waals surface area contributed by atoms with Gasteiger partial charge in [-0.3, -0.25) is 0 Å². The first kappa shape index (κ1) is 20.7. The summed E-state index contributed by atoms with van der Waals surface area (Å²) in [6.45, 7) is 3.23. The molecular formula is C19H25NO6S. The van der Waals surface area contributed by atoms with E-state index in [4.69, 9.17) is 24.7 Å². The van der Waals surface area contributed by atoms with E-state index in [-0.39, 0.29) is 10.6 Å². The Morgan fingerprint density at radius 2 is 1.33 bits per heavy atom. The second-order valence-electron chi connectivity index (χ2n) is 6.33. The van der Waals surface area contributed by atoms with Crippen molar-refractivity contribution in [3.05, 3.63) is 35.9 Å². The molecule has 0 aliphatic carbocycles. The third-order valence-electron chi connectivity index (χ3n) is 4.54. The van der Waals surface area contributed by atoms with E-state index < -0.39 is 14.6 Å². The molecule has 0 heterocycles. The first-order valence-corrected chi connectivity index (χ1v) is 9.61. The Hall–Kier alpha value is -2.61. The highest BCUT2D eigenvalue weighted by Crippen LogP contribution is 2.44. The Kier molecular flexibility index (Phi) is 5.79. The summed E-state index contributed by atoms with van der Waals surface area (Å²) < 4.78 is 46.5. The Morgan fingerprint density at radius 3 is 1.74 bits per heavy atom. The fraction of sp³-hybridized carbons (Fsp3) is 0.368. The Balaban J connectivity index is 2.64. The van der Waals surface area contributed by atoms with Crippen molar-refractivity contribution in [3.8, 4) is 23.0 Å². The zero-order chi connectivity index (χ0) is 20.4. The van der Waals surface area contributed by atoms with Gasteiger partial charge in [-0.1, -0.05) is 0 Å². The molecule has 0 radical (unpaired) electrons. The number of benzene rings is 2. The van der Waals surface area contributed by atoms with Crippen molar-refractivity contribution >= 4 is 15.5 Å². The fourth-order valence-electron chi connectivity index (χ4n) is 2.76. The van der Waals surface area contributed by atoms with Crippen LogP contribution in [0.3, 0.4) is 0 Å². The summed E-state index contributed by atoms with van der Waals surface area (Å²) in [4.78, 5) is 0.0968. The number of methoxy groups -OCH3 is 4. The molecule has 0 saturated heterocycles. The molecule has 0 bridgehead atoms. The van der Waals surface area contributed by atoms with E-state index in [1.807, 2.05) is 0 Å². The van der Waals surface area contributed by atoms with Crippen LogP contribution in [0.15, 0.2) is 35.2 Å². The van der Waals surface area contributed by atoms with Crippen molar-refractivity contribution in [2.24, 2.45) is 0 Å². The molecule has 27 heavy (non-hydrogen) atoms. The molecule has 2 aromatic carbocycles. The monoisotopic (exact) mass is 395 g/mol. The summed E-state index contributed by atoms with van der Waals surface area (Å²) in [5.74, 6) is 1.57. The first-order valence-electron chi connectivity index (χ1n) is 8.12. The quantitative estimate of drug-likeness (QED) is 0.720. The largest absolute Gasteiger partial charge is 0.495 e. The molecule has 0 spiro atoms. The molecule has 2 N–H and O–H groups in total. The molecule has 8 heteroatoms. The SMILES string of the molecule is COc1ccc(S(=O)(=O)C(C)(C)c2cc(OC)c(OC)c(OC)c2)cc1N. The van der Waals surface area contributed by atoms with Gasteiger partial charge < -0.3 is 24.7 Å². The molecule has 0 aliphatic rings. The van der Waals surface area contributed by atoms with E-state index in [0.717, 1.165) is 0 Å². The Bertz CT molecular complexity index is 912. The molecule has 0 aliphatic heterocycles. The molecule has 0 aromatic heterocycles. The third kappa shape index (κ3) is 3.49. The summed E-state index contributed by atoms with van der Waals surface area (Å²) >= 11 is 0. The zero-order valence-corrected chi connectivity index (χ0v) is 17.1. The van der Waals surface area contributed by atoms with Crippen LogP contribution in [-0.4, -0.2) is 36.9 Å². The standard InChI is InChI=1S/C19H25NO6S/c1-19(2,12-9-16(24-4)18(26-6)17(10-12)25-5)27(21,22)13-7-8-15(23-3)14(20)11-13/h7-11H,20H2,1-6H3. The van der Waals surface area contributed by atoms with Gasteiger partial charge in [0, 0.05) is 0 Å². The van der Waals surface area contributed by atoms with E-state index >= 15 is 0 Å². The fourth-order valence-corrected chi connectivity index (χ4v) is 4.30. The number of rotatable bonds is 7. The lowest BCUT2D eigenvalue weighted by atomic mass is 10.0. The Labute approximate surface area is 159 Å². The van der Waals surface area contributed by atoms with E-state index in [0.29, 0.717) is 28.6 Å². The summed E-state index contributed by atoms with van der Waals surface area (Å²) in [5, 5.41) is 0. The minimum absolute atomic E-state index is 0.0968. The lowest BCUT2D eigenvalue weighted by molar-refractivity contribution is 0.323. The van der Waals surface area contributed by atoms with Gasteiger partial charge in [-0.05, 0) is 49.7 Å². The van der Waals surface area contributed by atoms with Crippen molar-refractivity contribution in [2.75, 3.05) is 34.2 Å². The van der Waals surface area contributed by atoms with Crippen LogP contribution in [0.2, 0.25) is 0 Å². The normalized spacial score (nSPS) is 11.8. The van der Waals surface area contributed by atoms with Gasteiger partial charge in [-0.2, -0.15) is 0 Å². The summed E-state index contributed by atoms with van der Waals surface area (Å²) in [5.41, 5.74) is 6.64. The number of anilines is 1. The maximum absolute atomic E-state index is 13.4. The van der Waals surface area contributed by atoms with Crippen LogP contribution in [0.5, 0.6) is 23.0 Å². The molecule has 0 atom stereocenters. The number of nitrogen functional groups attached to an aromatic ring is 1. The predicted octanol–water partition coefficient (Wildman–Crippen LogP) is 3.01. The average Bonchev–Trinajstić information content (AvgIpc) is 2.66. The van der Waals surface area contributed by atoms with Crippen molar-refractivity contribution < 1.29 is 27.4 Å². The second kappa shape index (κ2) is 7.56. The molecule has 148 valence electrons. The van der Waals surface area contributed by atoms with E-state index in [9.17, 15) is 8.42 Å². The van der Waals surface area contributed by atoms with Crippen LogP contribution in [-0.2, 0) is 14.6 Å². The van der Waals surface area contributed by atoms with Crippen LogP contribution < -0.4 is 24.7 Å². The smallest absolute Gasteiger partial charge is 0.203 e. The van der Waals surface area contributed by atoms with Crippen LogP contribution in [0.25, 0.3) is 0 Å². The molecule has 7 nitrogen and oxygen atoms in total. The van der Waals surface area contributed by atoms with E-state index in [2.05, 4.69) is 0 Å². The summed E-state index contributed by atoms with van der Waals surface area (Å²) in [6.07, 6.45) is 0. The minimum atomic E-state index is -3.80. The van der Waals surface area contributed by atoms with Gasteiger partial charge in [0.2, 0.25) is 5.75 Å². The lowest BCUT2D eigenvalue weighted by Gasteiger charge is -2.27. The summed E-state index contributed by atoms with van der Waals surface area (Å²) in [6, 6.07) is 7.67. The van der Waals surface area contributed by atoms with Crippen LogP contribution in [0, 0.1) is 0 Å². The van der Waals surface area contributed by atoms with Gasteiger partial charge in [-0.25, -0.2) is 8.42 Å². The molecule has 2 aromatic rings. The topological polar surface area (TPSA) is 97.1 Å². The van der Waals surface area contributed by atoms with Crippen LogP contribution in [0.1, 0.15) is 19.4 Å². The molecule has 0 amide bonds. The second-order valence-corrected chi connectivity index (χ2v) is 8.83. The van der Waals surface area contributed by atoms with Crippen molar-refractivity contribution in [3.63, 3.8) is 0 Å². The number of sulfone groups is 1. The molecule has 2 rings (SSSR count). The van der Waals surface area contributed by atoms with Gasteiger partial charge in [0.1, 0.15) is 5.75 Å². The number of hydrogen-bond donors (Lipinski definition) is 1. The highest BCUT2D eigenvalue weighted by Gasteiger charge is 2.39. The molecule has 0 saturated carbocycles. The van der Waals surface area contributed by atoms with Crippen molar-refractivity contribution in [2.45, 2.75) is 23.5 Å². The van der Waals surface area contributed by atoms with E-state index in [1.165, 1.54) is 46.6 Å². The van der Waals surface area contributed by atoms with Crippen LogP contribution in [0.4, 0.5) is 5.69 Å². The molecular weight excluding hydrogens is 370 g/mol. The molecule has 0 unspecified atom stereocenters. The number of ether oxygens (including phenoxy) is 4. The van der Waals surface area contributed by atoms with Crippen LogP contribution >= 0.6 is 0 Å². The van der Waals surface area contributed by atoms with Crippen molar-refractivity contribution in [1.82, 2.24) is 0 Å². The third-order valence-corrected chi connectivity index (χ3v) is 7.00. The first-order chi connectivity index (χ1) is 12.6. The average molecular weight is 395 g/mol. The lowest BCUT2D eigenvalue weighted by Crippen LogP contribution is -2.29. The van der Waals surface area contributed by atoms with Gasteiger partial charge in [0.05, 0.1) is 43.8 Å². The predicted molar refractivity (Wildman–Crippen MR) is 104 cm³/mol. The van der Waals surface area contributed by atoms with Gasteiger partial charge in [0.15, 0.2) is 21.3 Å². The zero-order valence-electron chi connectivity index (χ0n) is 16.3. The van der Waals surface area contributed by atoms with Crippen molar-refractivity contribution in [1.29, 1.82) is 0 Å². The van der Waals surface area contributed by atoms with Gasteiger partial charge in [0.25, 0.3) is 0 Å². The maximum atomic E-state index is 13.4. The summed E-state index contributed by atoms with van der Waals surface area (Å²) in [7, 11) is 2.12. The van der Waals surface area contributed by atoms with Gasteiger partial charge in [-0.15, -0.1) is 0 Å².